The molecule has 0 aromatic carbocycles. The van der Waals surface area contributed by atoms with Crippen molar-refractivity contribution in [3.63, 3.8) is 0 Å². The standard InChI is InChI=1S/C14H17NO3S/c1-9-4-5-19-13(9)14(17)18-8-10-6-12(16)15(7-10)11-2-3-11/h4-5,10-11H,2-3,6-8H2,1H3/t10-/m1/s1. The van der Waals surface area contributed by atoms with Gasteiger partial charge in [0.2, 0.25) is 5.91 Å². The summed E-state index contributed by atoms with van der Waals surface area (Å²) in [6, 6.07) is 2.38. The molecule has 2 fully saturated rings. The molecular formula is C14H17NO3S. The molecule has 1 aliphatic heterocycles. The third kappa shape index (κ3) is 2.66. The van der Waals surface area contributed by atoms with Crippen molar-refractivity contribution >= 4 is 23.2 Å². The van der Waals surface area contributed by atoms with Gasteiger partial charge < -0.3 is 9.64 Å². The molecule has 1 atom stereocenters. The molecule has 0 radical (unpaired) electrons. The second-order valence-corrected chi connectivity index (χ2v) is 6.29. The molecule has 4 nitrogen and oxygen atoms in total. The average molecular weight is 279 g/mol. The van der Waals surface area contributed by atoms with E-state index in [1.54, 1.807) is 0 Å². The van der Waals surface area contributed by atoms with Crippen molar-refractivity contribution in [2.75, 3.05) is 13.2 Å². The SMILES string of the molecule is Cc1ccsc1C(=O)OC[C@@H]1CC(=O)N(C2CC2)C1. The van der Waals surface area contributed by atoms with Gasteiger partial charge >= 0.3 is 5.97 Å². The number of ether oxygens (including phenoxy) is 1. The van der Waals surface area contributed by atoms with Crippen molar-refractivity contribution in [2.45, 2.75) is 32.2 Å². The number of aryl methyl sites for hydroxylation is 1. The molecule has 1 saturated heterocycles. The molecule has 102 valence electrons. The minimum atomic E-state index is -0.259. The summed E-state index contributed by atoms with van der Waals surface area (Å²) in [5.74, 6) is 0.123. The highest BCUT2D eigenvalue weighted by Crippen LogP contribution is 2.32. The van der Waals surface area contributed by atoms with E-state index < -0.39 is 0 Å². The van der Waals surface area contributed by atoms with Crippen LogP contribution in [0.1, 0.15) is 34.5 Å². The zero-order valence-electron chi connectivity index (χ0n) is 10.9. The molecule has 19 heavy (non-hydrogen) atoms. The van der Waals surface area contributed by atoms with Gasteiger partial charge in [-0.2, -0.15) is 0 Å². The van der Waals surface area contributed by atoms with E-state index in [-0.39, 0.29) is 17.8 Å². The van der Waals surface area contributed by atoms with E-state index >= 15 is 0 Å². The van der Waals surface area contributed by atoms with Crippen LogP contribution < -0.4 is 0 Å². The summed E-state index contributed by atoms with van der Waals surface area (Å²) in [5, 5.41) is 1.89. The van der Waals surface area contributed by atoms with E-state index in [2.05, 4.69) is 0 Å². The average Bonchev–Trinajstić information content (AvgIpc) is 3.03. The van der Waals surface area contributed by atoms with Crippen LogP contribution in [0.3, 0.4) is 0 Å². The summed E-state index contributed by atoms with van der Waals surface area (Å²) in [7, 11) is 0. The van der Waals surface area contributed by atoms with E-state index in [1.165, 1.54) is 11.3 Å². The molecule has 0 N–H and O–H groups in total. The van der Waals surface area contributed by atoms with Gasteiger partial charge in [-0.3, -0.25) is 4.79 Å². The van der Waals surface area contributed by atoms with E-state index in [9.17, 15) is 9.59 Å². The van der Waals surface area contributed by atoms with Gasteiger partial charge in [-0.15, -0.1) is 11.3 Å². The molecule has 1 aromatic rings. The van der Waals surface area contributed by atoms with E-state index in [0.717, 1.165) is 24.9 Å². The molecule has 1 aromatic heterocycles. The largest absolute Gasteiger partial charge is 0.461 e. The van der Waals surface area contributed by atoms with E-state index in [1.807, 2.05) is 23.3 Å². The van der Waals surface area contributed by atoms with Gasteiger partial charge in [-0.1, -0.05) is 0 Å². The summed E-state index contributed by atoms with van der Waals surface area (Å²) < 4.78 is 5.34. The number of carbonyl (C=O) groups is 2. The summed E-state index contributed by atoms with van der Waals surface area (Å²) in [4.78, 5) is 26.3. The van der Waals surface area contributed by atoms with Crippen LogP contribution in [0.5, 0.6) is 0 Å². The Labute approximate surface area is 116 Å². The quantitative estimate of drug-likeness (QED) is 0.794. The number of hydrogen-bond acceptors (Lipinski definition) is 4. The lowest BCUT2D eigenvalue weighted by molar-refractivity contribution is -0.128. The lowest BCUT2D eigenvalue weighted by Crippen LogP contribution is -2.27. The second kappa shape index (κ2) is 4.96. The summed E-state index contributed by atoms with van der Waals surface area (Å²) in [5.41, 5.74) is 0.956. The first-order chi connectivity index (χ1) is 9.15. The number of esters is 1. The molecule has 1 aliphatic carbocycles. The number of thiophene rings is 1. The molecule has 2 aliphatic rings. The Bertz CT molecular complexity index is 507. The lowest BCUT2D eigenvalue weighted by Gasteiger charge is -2.15. The summed E-state index contributed by atoms with van der Waals surface area (Å²) in [6.45, 7) is 3.01. The predicted molar refractivity (Wildman–Crippen MR) is 72.2 cm³/mol. The minimum Gasteiger partial charge on any atom is -0.461 e. The lowest BCUT2D eigenvalue weighted by atomic mass is 10.1. The number of carbonyl (C=O) groups excluding carboxylic acids is 2. The number of rotatable bonds is 4. The van der Waals surface area contributed by atoms with Crippen LogP contribution in [0.2, 0.25) is 0 Å². The molecule has 3 rings (SSSR count). The van der Waals surface area contributed by atoms with Crippen LogP contribution in [-0.4, -0.2) is 36.0 Å². The van der Waals surface area contributed by atoms with Crippen LogP contribution in [0.4, 0.5) is 0 Å². The topological polar surface area (TPSA) is 46.6 Å². The van der Waals surface area contributed by atoms with Gasteiger partial charge in [0.05, 0.1) is 6.61 Å². The van der Waals surface area contributed by atoms with Gasteiger partial charge in [-0.25, -0.2) is 4.79 Å². The third-order valence-corrected chi connectivity index (χ3v) is 4.72. The highest BCUT2D eigenvalue weighted by atomic mass is 32.1. The number of likely N-dealkylation sites (tertiary alicyclic amines) is 1. The Hall–Kier alpha value is -1.36. The Kier molecular flexibility index (Phi) is 3.31. The first kappa shape index (κ1) is 12.7. The van der Waals surface area contributed by atoms with Gasteiger partial charge in [0.15, 0.2) is 0 Å². The fourth-order valence-corrected chi connectivity index (χ4v) is 3.32. The molecule has 5 heteroatoms. The Balaban J connectivity index is 1.52. The van der Waals surface area contributed by atoms with Crippen LogP contribution in [0.15, 0.2) is 11.4 Å². The molecular weight excluding hydrogens is 262 g/mol. The van der Waals surface area contributed by atoms with E-state index in [4.69, 9.17) is 4.74 Å². The van der Waals surface area contributed by atoms with Crippen molar-refractivity contribution in [1.82, 2.24) is 4.90 Å². The minimum absolute atomic E-state index is 0.164. The van der Waals surface area contributed by atoms with Crippen LogP contribution in [-0.2, 0) is 9.53 Å². The normalized spacial score (nSPS) is 22.9. The van der Waals surface area contributed by atoms with Crippen molar-refractivity contribution in [2.24, 2.45) is 5.92 Å². The number of amides is 1. The van der Waals surface area contributed by atoms with Crippen LogP contribution >= 0.6 is 11.3 Å². The zero-order chi connectivity index (χ0) is 13.4. The fraction of sp³-hybridized carbons (Fsp3) is 0.571. The monoisotopic (exact) mass is 279 g/mol. The van der Waals surface area contributed by atoms with E-state index in [0.29, 0.717) is 23.9 Å². The first-order valence-electron chi connectivity index (χ1n) is 6.66. The highest BCUT2D eigenvalue weighted by molar-refractivity contribution is 7.12. The number of nitrogens with zero attached hydrogens (tertiary/aromatic N) is 1. The maximum absolute atomic E-state index is 11.9. The van der Waals surface area contributed by atoms with Gasteiger partial charge in [0.1, 0.15) is 4.88 Å². The highest BCUT2D eigenvalue weighted by Gasteiger charge is 2.39. The fourth-order valence-electron chi connectivity index (χ4n) is 2.50. The van der Waals surface area contributed by atoms with Crippen molar-refractivity contribution in [3.8, 4) is 0 Å². The molecule has 1 amide bonds. The van der Waals surface area contributed by atoms with Crippen molar-refractivity contribution in [1.29, 1.82) is 0 Å². The number of hydrogen-bond donors (Lipinski definition) is 0. The van der Waals surface area contributed by atoms with Gasteiger partial charge in [0.25, 0.3) is 0 Å². The van der Waals surface area contributed by atoms with Crippen molar-refractivity contribution < 1.29 is 14.3 Å². The summed E-state index contributed by atoms with van der Waals surface area (Å²) in [6.07, 6.45) is 2.78. The van der Waals surface area contributed by atoms with Gasteiger partial charge in [-0.05, 0) is 36.8 Å². The second-order valence-electron chi connectivity index (χ2n) is 5.38. The maximum atomic E-state index is 11.9. The zero-order valence-corrected chi connectivity index (χ0v) is 11.7. The smallest absolute Gasteiger partial charge is 0.348 e. The maximum Gasteiger partial charge on any atom is 0.348 e. The predicted octanol–water partition coefficient (Wildman–Crippen LogP) is 2.22. The third-order valence-electron chi connectivity index (χ3n) is 3.72. The molecule has 0 unspecified atom stereocenters. The van der Waals surface area contributed by atoms with Crippen LogP contribution in [0.25, 0.3) is 0 Å². The molecule has 2 heterocycles. The van der Waals surface area contributed by atoms with Crippen molar-refractivity contribution in [3.05, 3.63) is 21.9 Å². The van der Waals surface area contributed by atoms with Crippen LogP contribution in [0, 0.1) is 12.8 Å². The molecule has 0 bridgehead atoms. The Morgan fingerprint density at radius 1 is 1.53 bits per heavy atom. The molecule has 0 spiro atoms. The first-order valence-corrected chi connectivity index (χ1v) is 7.54. The Morgan fingerprint density at radius 2 is 2.32 bits per heavy atom. The molecule has 1 saturated carbocycles. The van der Waals surface area contributed by atoms with Gasteiger partial charge in [0, 0.05) is 24.9 Å². The summed E-state index contributed by atoms with van der Waals surface area (Å²) >= 11 is 1.40. The Morgan fingerprint density at radius 3 is 2.95 bits per heavy atom.